The number of anilines is 1. The summed E-state index contributed by atoms with van der Waals surface area (Å²) in [4.78, 5) is 27.1. The predicted molar refractivity (Wildman–Crippen MR) is 129 cm³/mol. The van der Waals surface area contributed by atoms with E-state index < -0.39 is 17.6 Å². The molecule has 4 rings (SSSR count). The van der Waals surface area contributed by atoms with Crippen LogP contribution in [-0.2, 0) is 9.59 Å². The molecule has 1 saturated heterocycles. The molecule has 1 fully saturated rings. The number of nitrogens with zero attached hydrogens (tertiary/aromatic N) is 1. The SMILES string of the molecule is CCOc1ccc2ccc(OCC)c(/C=C3/C(=O)NC(=S)N(c4ccccc4F)C3=O)c2c1. The highest BCUT2D eigenvalue weighted by molar-refractivity contribution is 7.80. The fourth-order valence-electron chi connectivity index (χ4n) is 3.64. The summed E-state index contributed by atoms with van der Waals surface area (Å²) in [5.41, 5.74) is 0.304. The maximum atomic E-state index is 14.4. The highest BCUT2D eigenvalue weighted by atomic mass is 32.1. The van der Waals surface area contributed by atoms with Gasteiger partial charge in [0.15, 0.2) is 5.11 Å². The van der Waals surface area contributed by atoms with E-state index in [0.29, 0.717) is 30.3 Å². The maximum absolute atomic E-state index is 14.4. The summed E-state index contributed by atoms with van der Waals surface area (Å²) in [6, 6.07) is 15.0. The molecule has 8 heteroatoms. The van der Waals surface area contributed by atoms with Gasteiger partial charge in [-0.15, -0.1) is 0 Å². The molecule has 3 aromatic carbocycles. The zero-order valence-corrected chi connectivity index (χ0v) is 18.9. The van der Waals surface area contributed by atoms with Crippen LogP contribution in [0.2, 0.25) is 0 Å². The Labute approximate surface area is 195 Å². The molecule has 1 N–H and O–H groups in total. The monoisotopic (exact) mass is 464 g/mol. The summed E-state index contributed by atoms with van der Waals surface area (Å²) < 4.78 is 25.9. The van der Waals surface area contributed by atoms with Gasteiger partial charge in [-0.05, 0) is 73.2 Å². The van der Waals surface area contributed by atoms with Crippen molar-refractivity contribution >= 4 is 51.7 Å². The van der Waals surface area contributed by atoms with Crippen LogP contribution in [0.4, 0.5) is 10.1 Å². The number of carbonyl (C=O) groups is 2. The molecular formula is C25H21FN2O4S. The van der Waals surface area contributed by atoms with Gasteiger partial charge in [0.1, 0.15) is 22.9 Å². The van der Waals surface area contributed by atoms with Crippen molar-refractivity contribution in [1.29, 1.82) is 0 Å². The molecule has 0 aromatic heterocycles. The molecule has 3 aromatic rings. The van der Waals surface area contributed by atoms with Crippen LogP contribution in [0.25, 0.3) is 16.8 Å². The number of para-hydroxylation sites is 1. The summed E-state index contributed by atoms with van der Waals surface area (Å²) in [7, 11) is 0. The lowest BCUT2D eigenvalue weighted by molar-refractivity contribution is -0.122. The molecule has 1 heterocycles. The Bertz CT molecular complexity index is 1300. The number of amides is 2. The highest BCUT2D eigenvalue weighted by Gasteiger charge is 2.36. The van der Waals surface area contributed by atoms with Crippen molar-refractivity contribution in [3.8, 4) is 11.5 Å². The van der Waals surface area contributed by atoms with Crippen molar-refractivity contribution < 1.29 is 23.5 Å². The summed E-state index contributed by atoms with van der Waals surface area (Å²) in [6.07, 6.45) is 1.45. The lowest BCUT2D eigenvalue weighted by Gasteiger charge is -2.29. The Morgan fingerprint density at radius 2 is 1.76 bits per heavy atom. The summed E-state index contributed by atoms with van der Waals surface area (Å²) in [5, 5.41) is 3.91. The van der Waals surface area contributed by atoms with Gasteiger partial charge in [0.05, 0.1) is 18.9 Å². The third kappa shape index (κ3) is 4.29. The number of ether oxygens (including phenoxy) is 2. The van der Waals surface area contributed by atoms with Crippen molar-refractivity contribution in [1.82, 2.24) is 5.32 Å². The molecule has 33 heavy (non-hydrogen) atoms. The number of carbonyl (C=O) groups excluding carboxylic acids is 2. The van der Waals surface area contributed by atoms with E-state index in [-0.39, 0.29) is 16.4 Å². The zero-order chi connectivity index (χ0) is 23.5. The third-order valence-electron chi connectivity index (χ3n) is 5.09. The smallest absolute Gasteiger partial charge is 0.270 e. The van der Waals surface area contributed by atoms with Gasteiger partial charge in [-0.1, -0.05) is 24.3 Å². The van der Waals surface area contributed by atoms with Crippen molar-refractivity contribution in [3.05, 3.63) is 71.6 Å². The van der Waals surface area contributed by atoms with Crippen LogP contribution < -0.4 is 19.7 Å². The van der Waals surface area contributed by atoms with Crippen LogP contribution >= 0.6 is 12.2 Å². The Morgan fingerprint density at radius 3 is 2.48 bits per heavy atom. The minimum Gasteiger partial charge on any atom is -0.494 e. The number of thiocarbonyl (C=S) groups is 1. The van der Waals surface area contributed by atoms with Crippen molar-refractivity contribution in [2.24, 2.45) is 0 Å². The topological polar surface area (TPSA) is 67.9 Å². The Balaban J connectivity index is 1.89. The quantitative estimate of drug-likeness (QED) is 0.328. The first-order chi connectivity index (χ1) is 15.9. The predicted octanol–water partition coefficient (Wildman–Crippen LogP) is 4.61. The number of benzene rings is 3. The lowest BCUT2D eigenvalue weighted by atomic mass is 9.99. The molecule has 0 atom stereocenters. The molecule has 0 radical (unpaired) electrons. The molecule has 168 valence electrons. The van der Waals surface area contributed by atoms with Crippen LogP contribution in [0.3, 0.4) is 0 Å². The van der Waals surface area contributed by atoms with Crippen LogP contribution in [0.1, 0.15) is 19.4 Å². The van der Waals surface area contributed by atoms with Crippen LogP contribution in [0, 0.1) is 5.82 Å². The first-order valence-electron chi connectivity index (χ1n) is 10.4. The second-order valence-electron chi connectivity index (χ2n) is 7.14. The zero-order valence-electron chi connectivity index (χ0n) is 18.1. The molecule has 0 spiro atoms. The molecule has 0 saturated carbocycles. The standard InChI is InChI=1S/C25H21FN2O4S/c1-3-31-16-11-9-15-10-12-22(32-4-2)18(17(15)13-16)14-19-23(29)27-25(33)28(24(19)30)21-8-6-5-7-20(21)26/h5-14H,3-4H2,1-2H3,(H,27,29,33)/b19-14-. The number of hydrogen-bond acceptors (Lipinski definition) is 5. The molecular weight excluding hydrogens is 443 g/mol. The van der Waals surface area contributed by atoms with E-state index in [1.54, 1.807) is 12.1 Å². The normalized spacial score (nSPS) is 15.2. The summed E-state index contributed by atoms with van der Waals surface area (Å²) in [5.74, 6) is -0.887. The number of nitrogens with one attached hydrogen (secondary N) is 1. The fraction of sp³-hybridized carbons (Fsp3) is 0.160. The van der Waals surface area contributed by atoms with Gasteiger partial charge in [0, 0.05) is 5.56 Å². The average Bonchev–Trinajstić information content (AvgIpc) is 2.79. The molecule has 6 nitrogen and oxygen atoms in total. The number of halogens is 1. The van der Waals surface area contributed by atoms with E-state index in [2.05, 4.69) is 5.32 Å². The van der Waals surface area contributed by atoms with Gasteiger partial charge in [0.25, 0.3) is 11.8 Å². The van der Waals surface area contributed by atoms with Crippen LogP contribution in [-0.4, -0.2) is 30.1 Å². The fourth-order valence-corrected chi connectivity index (χ4v) is 3.92. The van der Waals surface area contributed by atoms with Gasteiger partial charge >= 0.3 is 0 Å². The molecule has 1 aliphatic rings. The summed E-state index contributed by atoms with van der Waals surface area (Å²) in [6.45, 7) is 4.60. The van der Waals surface area contributed by atoms with E-state index in [1.165, 1.54) is 24.3 Å². The van der Waals surface area contributed by atoms with Gasteiger partial charge in [-0.2, -0.15) is 0 Å². The molecule has 1 aliphatic heterocycles. The lowest BCUT2D eigenvalue weighted by Crippen LogP contribution is -2.54. The van der Waals surface area contributed by atoms with E-state index >= 15 is 0 Å². The largest absolute Gasteiger partial charge is 0.494 e. The van der Waals surface area contributed by atoms with Gasteiger partial charge in [0.2, 0.25) is 0 Å². The van der Waals surface area contributed by atoms with Crippen LogP contribution in [0.15, 0.2) is 60.2 Å². The first kappa shape index (κ1) is 22.4. The molecule has 0 unspecified atom stereocenters. The van der Waals surface area contributed by atoms with Crippen LogP contribution in [0.5, 0.6) is 11.5 Å². The van der Waals surface area contributed by atoms with E-state index in [4.69, 9.17) is 21.7 Å². The maximum Gasteiger partial charge on any atom is 0.270 e. The van der Waals surface area contributed by atoms with Crippen molar-refractivity contribution in [2.45, 2.75) is 13.8 Å². The van der Waals surface area contributed by atoms with E-state index in [1.807, 2.05) is 38.1 Å². The number of fused-ring (bicyclic) bond motifs is 1. The third-order valence-corrected chi connectivity index (χ3v) is 5.37. The Hall–Kier alpha value is -3.78. The average molecular weight is 465 g/mol. The number of rotatable bonds is 6. The number of hydrogen-bond donors (Lipinski definition) is 1. The van der Waals surface area contributed by atoms with Gasteiger partial charge in [-0.3, -0.25) is 14.9 Å². The molecule has 0 bridgehead atoms. The molecule has 0 aliphatic carbocycles. The van der Waals surface area contributed by atoms with Gasteiger partial charge in [-0.25, -0.2) is 9.29 Å². The minimum absolute atomic E-state index is 0.0417. The summed E-state index contributed by atoms with van der Waals surface area (Å²) >= 11 is 5.17. The molecule has 2 amide bonds. The Morgan fingerprint density at radius 1 is 1.03 bits per heavy atom. The first-order valence-corrected chi connectivity index (χ1v) is 10.8. The van der Waals surface area contributed by atoms with E-state index in [0.717, 1.165) is 15.7 Å². The van der Waals surface area contributed by atoms with Crippen molar-refractivity contribution in [2.75, 3.05) is 18.1 Å². The van der Waals surface area contributed by atoms with Crippen molar-refractivity contribution in [3.63, 3.8) is 0 Å². The second kappa shape index (κ2) is 9.38. The highest BCUT2D eigenvalue weighted by Crippen LogP contribution is 2.34. The Kier molecular flexibility index (Phi) is 6.37. The van der Waals surface area contributed by atoms with Gasteiger partial charge < -0.3 is 9.47 Å². The minimum atomic E-state index is -0.728. The second-order valence-corrected chi connectivity index (χ2v) is 7.52. The van der Waals surface area contributed by atoms with E-state index in [9.17, 15) is 14.0 Å².